The van der Waals surface area contributed by atoms with Gasteiger partial charge in [-0.2, -0.15) is 13.9 Å². The molecule has 2 aromatic heterocycles. The van der Waals surface area contributed by atoms with Crippen LogP contribution in [0.5, 0.6) is 0 Å². The molecule has 1 amide bonds. The number of carbonyl (C=O) groups is 1. The van der Waals surface area contributed by atoms with E-state index in [0.717, 1.165) is 12.4 Å². The summed E-state index contributed by atoms with van der Waals surface area (Å²) in [5.41, 5.74) is 3.41. The van der Waals surface area contributed by atoms with Gasteiger partial charge in [-0.1, -0.05) is 6.92 Å². The summed E-state index contributed by atoms with van der Waals surface area (Å²) in [6, 6.07) is 4.83. The van der Waals surface area contributed by atoms with Gasteiger partial charge >= 0.3 is 6.05 Å². The SMILES string of the molecule is CC[C@H]1C(=O)N(c2ccc3[nH]cnc3c2)[C@H]1c1c(F)cc(-c2cnn(C(C)(F)F)c2)cc1P. The van der Waals surface area contributed by atoms with Crippen LogP contribution in [0.2, 0.25) is 0 Å². The second kappa shape index (κ2) is 7.70. The number of amides is 1. The van der Waals surface area contributed by atoms with Crippen molar-refractivity contribution in [2.45, 2.75) is 32.4 Å². The number of halogens is 3. The van der Waals surface area contributed by atoms with Gasteiger partial charge in [-0.25, -0.2) is 14.1 Å². The zero-order valence-corrected chi connectivity index (χ0v) is 19.0. The molecule has 4 aromatic rings. The Balaban J connectivity index is 1.55. The highest BCUT2D eigenvalue weighted by Crippen LogP contribution is 2.46. The average molecular weight is 471 g/mol. The van der Waals surface area contributed by atoms with Crippen LogP contribution >= 0.6 is 9.24 Å². The van der Waals surface area contributed by atoms with Crippen molar-refractivity contribution in [2.24, 2.45) is 5.92 Å². The highest BCUT2D eigenvalue weighted by Gasteiger charge is 2.49. The minimum absolute atomic E-state index is 0.0725. The maximum atomic E-state index is 15.5. The van der Waals surface area contributed by atoms with Crippen molar-refractivity contribution >= 4 is 37.2 Å². The van der Waals surface area contributed by atoms with Gasteiger partial charge in [-0.15, -0.1) is 9.24 Å². The van der Waals surface area contributed by atoms with Gasteiger partial charge in [0, 0.05) is 29.9 Å². The number of imidazole rings is 1. The molecule has 1 N–H and O–H groups in total. The van der Waals surface area contributed by atoms with Crippen molar-refractivity contribution in [1.29, 1.82) is 0 Å². The Bertz CT molecular complexity index is 1350. The van der Waals surface area contributed by atoms with E-state index < -0.39 is 17.9 Å². The Kier molecular flexibility index (Phi) is 5.05. The molecular weight excluding hydrogens is 450 g/mol. The summed E-state index contributed by atoms with van der Waals surface area (Å²) < 4.78 is 43.1. The summed E-state index contributed by atoms with van der Waals surface area (Å²) in [4.78, 5) is 21.8. The van der Waals surface area contributed by atoms with Crippen molar-refractivity contribution in [2.75, 3.05) is 4.90 Å². The maximum Gasteiger partial charge on any atom is 0.340 e. The van der Waals surface area contributed by atoms with Crippen LogP contribution in [0.25, 0.3) is 22.2 Å². The smallest absolute Gasteiger partial charge is 0.340 e. The third-order valence-electron chi connectivity index (χ3n) is 6.11. The second-order valence-electron chi connectivity index (χ2n) is 8.25. The normalized spacial score (nSPS) is 18.7. The highest BCUT2D eigenvalue weighted by molar-refractivity contribution is 7.27. The van der Waals surface area contributed by atoms with Gasteiger partial charge < -0.3 is 9.88 Å². The van der Waals surface area contributed by atoms with Crippen LogP contribution in [-0.2, 0) is 10.8 Å². The number of H-pyrrole nitrogens is 1. The van der Waals surface area contributed by atoms with Crippen LogP contribution in [-0.4, -0.2) is 25.7 Å². The van der Waals surface area contributed by atoms with Gasteiger partial charge in [0.1, 0.15) is 5.82 Å². The van der Waals surface area contributed by atoms with Crippen LogP contribution in [0, 0.1) is 11.7 Å². The third-order valence-corrected chi connectivity index (χ3v) is 6.59. The van der Waals surface area contributed by atoms with E-state index in [1.54, 1.807) is 23.4 Å². The van der Waals surface area contributed by atoms with Crippen molar-refractivity contribution < 1.29 is 18.0 Å². The van der Waals surface area contributed by atoms with Gasteiger partial charge in [-0.3, -0.25) is 4.79 Å². The Morgan fingerprint density at radius 2 is 2.00 bits per heavy atom. The minimum atomic E-state index is -3.16. The van der Waals surface area contributed by atoms with Gasteiger partial charge in [0.2, 0.25) is 5.91 Å². The molecular formula is C23H21F3N5OP. The fourth-order valence-electron chi connectivity index (χ4n) is 4.44. The van der Waals surface area contributed by atoms with E-state index >= 15 is 4.39 Å². The molecule has 0 spiro atoms. The predicted octanol–water partition coefficient (Wildman–Crippen LogP) is 4.75. The number of benzene rings is 2. The van der Waals surface area contributed by atoms with Gasteiger partial charge in [0.25, 0.3) is 0 Å². The lowest BCUT2D eigenvalue weighted by molar-refractivity contribution is -0.130. The topological polar surface area (TPSA) is 66.8 Å². The number of nitrogens with zero attached hydrogens (tertiary/aromatic N) is 4. The first kappa shape index (κ1) is 21.6. The van der Waals surface area contributed by atoms with Crippen LogP contribution in [0.1, 0.15) is 31.9 Å². The Labute approximate surface area is 190 Å². The van der Waals surface area contributed by atoms with Gasteiger partial charge in [0.15, 0.2) is 0 Å². The molecule has 3 atom stereocenters. The lowest BCUT2D eigenvalue weighted by atomic mass is 9.79. The molecule has 5 rings (SSSR count). The molecule has 170 valence electrons. The van der Waals surface area contributed by atoms with Crippen molar-refractivity contribution in [1.82, 2.24) is 19.7 Å². The number of aromatic amines is 1. The lowest BCUT2D eigenvalue weighted by Gasteiger charge is -2.47. The number of rotatable bonds is 5. The first-order valence-corrected chi connectivity index (χ1v) is 11.0. The largest absolute Gasteiger partial charge is 0.345 e. The third kappa shape index (κ3) is 3.51. The van der Waals surface area contributed by atoms with Crippen molar-refractivity contribution in [3.05, 3.63) is 60.4 Å². The second-order valence-corrected chi connectivity index (χ2v) is 8.87. The summed E-state index contributed by atoms with van der Waals surface area (Å²) in [7, 11) is 2.52. The number of carbonyl (C=O) groups excluding carboxylic acids is 1. The molecule has 0 saturated carbocycles. The molecule has 1 aliphatic rings. The number of fused-ring (bicyclic) bond motifs is 1. The summed E-state index contributed by atoms with van der Waals surface area (Å²) in [5.74, 6) is -0.937. The Morgan fingerprint density at radius 3 is 2.67 bits per heavy atom. The van der Waals surface area contributed by atoms with E-state index in [4.69, 9.17) is 0 Å². The number of β-lactam (4-membered cyclic amide) rings is 1. The molecule has 2 aromatic carbocycles. The first-order valence-electron chi connectivity index (χ1n) is 10.5. The number of anilines is 1. The van der Waals surface area contributed by atoms with Crippen molar-refractivity contribution in [3.63, 3.8) is 0 Å². The summed E-state index contributed by atoms with van der Waals surface area (Å²) >= 11 is 0. The van der Waals surface area contributed by atoms with Crippen molar-refractivity contribution in [3.8, 4) is 11.1 Å². The number of alkyl halides is 2. The highest BCUT2D eigenvalue weighted by atomic mass is 31.0. The van der Waals surface area contributed by atoms with E-state index in [2.05, 4.69) is 24.3 Å². The van der Waals surface area contributed by atoms with Crippen LogP contribution < -0.4 is 10.2 Å². The van der Waals surface area contributed by atoms with E-state index in [9.17, 15) is 13.6 Å². The fourth-order valence-corrected chi connectivity index (χ4v) is 4.93. The molecule has 1 unspecified atom stereocenters. The molecule has 1 fully saturated rings. The standard InChI is InChI=1S/C23H21F3N5OP/c1-3-15-21(31(22(15)32)14-4-5-17-18(8-14)28-11-27-17)20-16(24)6-12(7-19(20)33)13-9-29-30(10-13)23(2,25)26/h4-11,15,21H,3,33H2,1-2H3,(H,27,28)/t15-,21-/m1/s1. The summed E-state index contributed by atoms with van der Waals surface area (Å²) in [5, 5.41) is 4.25. The van der Waals surface area contributed by atoms with Gasteiger partial charge in [-0.05, 0) is 47.6 Å². The minimum Gasteiger partial charge on any atom is -0.345 e. The molecule has 3 heterocycles. The van der Waals surface area contributed by atoms with Crippen LogP contribution in [0.4, 0.5) is 18.9 Å². The molecule has 33 heavy (non-hydrogen) atoms. The van der Waals surface area contributed by atoms with E-state index in [1.165, 1.54) is 18.5 Å². The van der Waals surface area contributed by atoms with Crippen LogP contribution in [0.3, 0.4) is 0 Å². The van der Waals surface area contributed by atoms with E-state index in [0.29, 0.717) is 44.3 Å². The van der Waals surface area contributed by atoms with E-state index in [1.807, 2.05) is 19.1 Å². The predicted molar refractivity (Wildman–Crippen MR) is 123 cm³/mol. The monoisotopic (exact) mass is 471 g/mol. The Morgan fingerprint density at radius 1 is 1.21 bits per heavy atom. The first-order chi connectivity index (χ1) is 15.7. The van der Waals surface area contributed by atoms with E-state index in [-0.39, 0.29) is 11.8 Å². The average Bonchev–Trinajstić information content (AvgIpc) is 3.42. The molecule has 6 nitrogen and oxygen atoms in total. The lowest BCUT2D eigenvalue weighted by Crippen LogP contribution is -2.56. The molecule has 1 aliphatic heterocycles. The number of nitrogens with one attached hydrogen (secondary N) is 1. The fraction of sp³-hybridized carbons (Fsp3) is 0.261. The zero-order valence-electron chi connectivity index (χ0n) is 17.9. The zero-order chi connectivity index (χ0) is 23.5. The molecule has 0 radical (unpaired) electrons. The number of aromatic nitrogens is 4. The summed E-state index contributed by atoms with van der Waals surface area (Å²) in [6.45, 7) is 2.64. The molecule has 0 aliphatic carbocycles. The number of hydrogen-bond donors (Lipinski definition) is 1. The molecule has 10 heteroatoms. The Hall–Kier alpha value is -3.19. The van der Waals surface area contributed by atoms with Gasteiger partial charge in [0.05, 0.1) is 35.5 Å². The summed E-state index contributed by atoms with van der Waals surface area (Å²) in [6.07, 6.45) is 4.61. The molecule has 1 saturated heterocycles. The van der Waals surface area contributed by atoms with Crippen LogP contribution in [0.15, 0.2) is 49.1 Å². The number of hydrogen-bond acceptors (Lipinski definition) is 3. The quantitative estimate of drug-likeness (QED) is 0.338. The maximum absolute atomic E-state index is 15.5. The molecule has 0 bridgehead atoms.